The van der Waals surface area contributed by atoms with Crippen LogP contribution in [0.5, 0.6) is 0 Å². The molecule has 0 radical (unpaired) electrons. The van der Waals surface area contributed by atoms with E-state index < -0.39 is 5.60 Å². The minimum absolute atomic E-state index is 0.742. The topological polar surface area (TPSA) is 20.2 Å². The fraction of sp³-hybridized carbons (Fsp3) is 0.400. The standard InChI is InChI=1S/C20H26O/c1-20(2,21)19-15-13-18(14-16-19)12-8-4-7-11-17-9-5-3-6-10-17/h3,5-6,9-10,13-16,21H,4,7-8,11-12H2,1-2H3. The van der Waals surface area contributed by atoms with Gasteiger partial charge in [-0.3, -0.25) is 0 Å². The maximum atomic E-state index is 9.93. The number of benzene rings is 2. The number of aryl methyl sites for hydroxylation is 2. The van der Waals surface area contributed by atoms with Crippen LogP contribution in [-0.4, -0.2) is 5.11 Å². The Morgan fingerprint density at radius 2 is 1.24 bits per heavy atom. The first-order chi connectivity index (χ1) is 10.1. The summed E-state index contributed by atoms with van der Waals surface area (Å²) in [6.07, 6.45) is 6.06. The van der Waals surface area contributed by atoms with Gasteiger partial charge in [0.15, 0.2) is 0 Å². The summed E-state index contributed by atoms with van der Waals surface area (Å²) >= 11 is 0. The number of aliphatic hydroxyl groups is 1. The van der Waals surface area contributed by atoms with Crippen molar-refractivity contribution < 1.29 is 5.11 Å². The summed E-state index contributed by atoms with van der Waals surface area (Å²) in [6, 6.07) is 19.1. The highest BCUT2D eigenvalue weighted by Crippen LogP contribution is 2.20. The van der Waals surface area contributed by atoms with E-state index in [1.165, 1.54) is 36.8 Å². The van der Waals surface area contributed by atoms with Gasteiger partial charge in [-0.05, 0) is 56.2 Å². The first-order valence-electron chi connectivity index (χ1n) is 7.91. The van der Waals surface area contributed by atoms with Crippen LogP contribution >= 0.6 is 0 Å². The molecule has 0 aliphatic carbocycles. The summed E-state index contributed by atoms with van der Waals surface area (Å²) in [5.74, 6) is 0. The SMILES string of the molecule is CC(C)(O)c1ccc(CCCCCc2ccccc2)cc1. The van der Waals surface area contributed by atoms with E-state index in [0.717, 1.165) is 12.0 Å². The molecule has 0 bridgehead atoms. The Morgan fingerprint density at radius 1 is 0.714 bits per heavy atom. The molecule has 0 aromatic heterocycles. The second-order valence-corrected chi connectivity index (χ2v) is 6.30. The predicted molar refractivity (Wildman–Crippen MR) is 89.4 cm³/mol. The quantitative estimate of drug-likeness (QED) is 0.718. The van der Waals surface area contributed by atoms with Crippen LogP contribution in [0.3, 0.4) is 0 Å². The minimum atomic E-state index is -0.742. The Kier molecular flexibility index (Phi) is 5.58. The third kappa shape index (κ3) is 5.35. The van der Waals surface area contributed by atoms with Crippen molar-refractivity contribution in [1.29, 1.82) is 0 Å². The normalized spacial score (nSPS) is 11.6. The molecule has 2 aromatic rings. The molecule has 0 unspecified atom stereocenters. The van der Waals surface area contributed by atoms with Crippen LogP contribution in [0.2, 0.25) is 0 Å². The molecular formula is C20H26O. The summed E-state index contributed by atoms with van der Waals surface area (Å²) in [7, 11) is 0. The van der Waals surface area contributed by atoms with Crippen LogP contribution in [0.1, 0.15) is 49.8 Å². The van der Waals surface area contributed by atoms with Gasteiger partial charge in [-0.1, -0.05) is 61.0 Å². The van der Waals surface area contributed by atoms with Gasteiger partial charge < -0.3 is 5.11 Å². The zero-order valence-electron chi connectivity index (χ0n) is 13.2. The summed E-state index contributed by atoms with van der Waals surface area (Å²) in [4.78, 5) is 0. The average Bonchev–Trinajstić information content (AvgIpc) is 2.47. The van der Waals surface area contributed by atoms with E-state index in [2.05, 4.69) is 42.5 Å². The number of hydrogen-bond donors (Lipinski definition) is 1. The molecule has 0 heterocycles. The Hall–Kier alpha value is -1.60. The molecule has 1 N–H and O–H groups in total. The van der Waals surface area contributed by atoms with Gasteiger partial charge in [0.1, 0.15) is 0 Å². The first-order valence-corrected chi connectivity index (χ1v) is 7.91. The molecule has 0 spiro atoms. The van der Waals surface area contributed by atoms with Crippen molar-refractivity contribution in [3.63, 3.8) is 0 Å². The summed E-state index contributed by atoms with van der Waals surface area (Å²) in [5.41, 5.74) is 3.04. The fourth-order valence-corrected chi connectivity index (χ4v) is 2.56. The van der Waals surface area contributed by atoms with E-state index in [-0.39, 0.29) is 0 Å². The Balaban J connectivity index is 1.69. The van der Waals surface area contributed by atoms with Crippen molar-refractivity contribution in [2.75, 3.05) is 0 Å². The second kappa shape index (κ2) is 7.42. The average molecular weight is 282 g/mol. The van der Waals surface area contributed by atoms with Gasteiger partial charge in [0.2, 0.25) is 0 Å². The van der Waals surface area contributed by atoms with Gasteiger partial charge in [0.05, 0.1) is 5.60 Å². The second-order valence-electron chi connectivity index (χ2n) is 6.30. The van der Waals surface area contributed by atoms with Crippen LogP contribution in [0, 0.1) is 0 Å². The van der Waals surface area contributed by atoms with E-state index in [0.29, 0.717) is 0 Å². The number of hydrogen-bond acceptors (Lipinski definition) is 1. The third-order valence-electron chi connectivity index (χ3n) is 3.93. The number of rotatable bonds is 7. The fourth-order valence-electron chi connectivity index (χ4n) is 2.56. The maximum absolute atomic E-state index is 9.93. The molecule has 0 aliphatic rings. The highest BCUT2D eigenvalue weighted by Gasteiger charge is 2.14. The molecule has 0 fully saturated rings. The van der Waals surface area contributed by atoms with Gasteiger partial charge in [-0.2, -0.15) is 0 Å². The molecule has 112 valence electrons. The van der Waals surface area contributed by atoms with Crippen LogP contribution in [0.15, 0.2) is 54.6 Å². The molecule has 0 aliphatic heterocycles. The van der Waals surface area contributed by atoms with E-state index in [1.54, 1.807) is 0 Å². The van der Waals surface area contributed by atoms with Crippen LogP contribution < -0.4 is 0 Å². The van der Waals surface area contributed by atoms with Crippen molar-refractivity contribution in [1.82, 2.24) is 0 Å². The lowest BCUT2D eigenvalue weighted by Crippen LogP contribution is -2.15. The third-order valence-corrected chi connectivity index (χ3v) is 3.93. The summed E-state index contributed by atoms with van der Waals surface area (Å²) in [5, 5.41) is 9.93. The van der Waals surface area contributed by atoms with Crippen LogP contribution in [-0.2, 0) is 18.4 Å². The smallest absolute Gasteiger partial charge is 0.0840 e. The van der Waals surface area contributed by atoms with Crippen molar-refractivity contribution in [3.8, 4) is 0 Å². The van der Waals surface area contributed by atoms with Gasteiger partial charge in [-0.25, -0.2) is 0 Å². The van der Waals surface area contributed by atoms with E-state index in [4.69, 9.17) is 0 Å². The molecule has 0 saturated heterocycles. The Labute approximate surface area is 128 Å². The molecule has 2 aromatic carbocycles. The minimum Gasteiger partial charge on any atom is -0.386 e. The molecule has 21 heavy (non-hydrogen) atoms. The largest absolute Gasteiger partial charge is 0.386 e. The highest BCUT2D eigenvalue weighted by molar-refractivity contribution is 5.26. The van der Waals surface area contributed by atoms with Crippen molar-refractivity contribution in [2.45, 2.75) is 51.6 Å². The molecule has 1 nitrogen and oxygen atoms in total. The van der Waals surface area contributed by atoms with E-state index in [1.807, 2.05) is 26.0 Å². The molecule has 2 rings (SSSR count). The monoisotopic (exact) mass is 282 g/mol. The zero-order valence-corrected chi connectivity index (χ0v) is 13.2. The maximum Gasteiger partial charge on any atom is 0.0840 e. The highest BCUT2D eigenvalue weighted by atomic mass is 16.3. The van der Waals surface area contributed by atoms with Gasteiger partial charge >= 0.3 is 0 Å². The van der Waals surface area contributed by atoms with Gasteiger partial charge in [0.25, 0.3) is 0 Å². The van der Waals surface area contributed by atoms with Crippen molar-refractivity contribution >= 4 is 0 Å². The van der Waals surface area contributed by atoms with Crippen molar-refractivity contribution in [3.05, 3.63) is 71.3 Å². The lowest BCUT2D eigenvalue weighted by molar-refractivity contribution is 0.0786. The van der Waals surface area contributed by atoms with Crippen LogP contribution in [0.4, 0.5) is 0 Å². The summed E-state index contributed by atoms with van der Waals surface area (Å²) in [6.45, 7) is 3.65. The Bertz CT molecular complexity index is 520. The van der Waals surface area contributed by atoms with Crippen molar-refractivity contribution in [2.24, 2.45) is 0 Å². The molecule has 0 atom stereocenters. The molecule has 0 saturated carbocycles. The molecule has 0 amide bonds. The van der Waals surface area contributed by atoms with E-state index in [9.17, 15) is 5.11 Å². The zero-order chi connectivity index (χ0) is 15.1. The lowest BCUT2D eigenvalue weighted by Gasteiger charge is -2.17. The number of unbranched alkanes of at least 4 members (excludes halogenated alkanes) is 2. The molecular weight excluding hydrogens is 256 g/mol. The lowest BCUT2D eigenvalue weighted by atomic mass is 9.96. The van der Waals surface area contributed by atoms with Gasteiger partial charge in [0, 0.05) is 0 Å². The van der Waals surface area contributed by atoms with Gasteiger partial charge in [-0.15, -0.1) is 0 Å². The van der Waals surface area contributed by atoms with Crippen LogP contribution in [0.25, 0.3) is 0 Å². The predicted octanol–water partition coefficient (Wildman–Crippen LogP) is 4.87. The first kappa shape index (κ1) is 15.8. The van der Waals surface area contributed by atoms with E-state index >= 15 is 0 Å². The Morgan fingerprint density at radius 3 is 1.76 bits per heavy atom. The molecule has 1 heteroatoms. The summed E-state index contributed by atoms with van der Waals surface area (Å²) < 4.78 is 0.